The molecule has 21 heavy (non-hydrogen) atoms. The number of nitro benzene ring substituents is 1. The van der Waals surface area contributed by atoms with Crippen molar-refractivity contribution < 1.29 is 19.2 Å². The highest BCUT2D eigenvalue weighted by atomic mass is 16.6. The van der Waals surface area contributed by atoms with E-state index in [2.05, 4.69) is 0 Å². The summed E-state index contributed by atoms with van der Waals surface area (Å²) in [6, 6.07) is 11.5. The van der Waals surface area contributed by atoms with Crippen molar-refractivity contribution >= 4 is 17.4 Å². The second-order valence-electron chi connectivity index (χ2n) is 4.25. The van der Waals surface area contributed by atoms with Gasteiger partial charge in [-0.3, -0.25) is 14.9 Å². The highest BCUT2D eigenvalue weighted by Gasteiger charge is 2.17. The highest BCUT2D eigenvalue weighted by Crippen LogP contribution is 2.21. The number of rotatable bonds is 4. The number of ketones is 1. The zero-order valence-corrected chi connectivity index (χ0v) is 11.1. The zero-order valence-electron chi connectivity index (χ0n) is 11.1. The molecular formula is C15H11NO5. The molecular weight excluding hydrogens is 274 g/mol. The van der Waals surface area contributed by atoms with Crippen molar-refractivity contribution in [3.63, 3.8) is 0 Å². The minimum atomic E-state index is -0.735. The van der Waals surface area contributed by atoms with Gasteiger partial charge in [-0.05, 0) is 19.1 Å². The van der Waals surface area contributed by atoms with Gasteiger partial charge >= 0.3 is 5.97 Å². The number of carbonyl (C=O) groups is 2. The van der Waals surface area contributed by atoms with Crippen LogP contribution >= 0.6 is 0 Å². The van der Waals surface area contributed by atoms with Crippen LogP contribution in [0.5, 0.6) is 5.75 Å². The van der Waals surface area contributed by atoms with Crippen molar-refractivity contribution in [1.29, 1.82) is 0 Å². The van der Waals surface area contributed by atoms with Gasteiger partial charge in [0.2, 0.25) is 0 Å². The van der Waals surface area contributed by atoms with Crippen molar-refractivity contribution in [2.75, 3.05) is 0 Å². The summed E-state index contributed by atoms with van der Waals surface area (Å²) < 4.78 is 5.09. The molecule has 6 heteroatoms. The largest absolute Gasteiger partial charge is 0.423 e. The zero-order chi connectivity index (χ0) is 15.4. The lowest BCUT2D eigenvalue weighted by molar-refractivity contribution is -0.384. The number of non-ortho nitro benzene ring substituents is 1. The molecule has 0 atom stereocenters. The number of nitrogens with zero attached hydrogens (tertiary/aromatic N) is 1. The van der Waals surface area contributed by atoms with Crippen LogP contribution in [0.3, 0.4) is 0 Å². The second kappa shape index (κ2) is 5.96. The predicted molar refractivity (Wildman–Crippen MR) is 74.5 cm³/mol. The van der Waals surface area contributed by atoms with Crippen LogP contribution in [0.15, 0.2) is 48.5 Å². The number of hydrogen-bond donors (Lipinski definition) is 0. The first kappa shape index (κ1) is 14.4. The fraction of sp³-hybridized carbons (Fsp3) is 0.0667. The van der Waals surface area contributed by atoms with E-state index in [1.54, 1.807) is 12.1 Å². The van der Waals surface area contributed by atoms with E-state index in [-0.39, 0.29) is 28.3 Å². The molecule has 2 rings (SSSR count). The molecule has 0 saturated carbocycles. The molecule has 0 aliphatic carbocycles. The number of carbonyl (C=O) groups excluding carboxylic acids is 2. The number of Topliss-reactive ketones (excluding diaryl/α,β-unsaturated/α-hetero) is 1. The molecule has 0 heterocycles. The molecule has 0 amide bonds. The molecule has 106 valence electrons. The summed E-state index contributed by atoms with van der Waals surface area (Å²) in [6.45, 7) is 1.35. The molecule has 0 aliphatic heterocycles. The summed E-state index contributed by atoms with van der Waals surface area (Å²) in [5.41, 5.74) is 0.185. The third-order valence-corrected chi connectivity index (χ3v) is 2.77. The Kier molecular flexibility index (Phi) is 4.08. The maximum Gasteiger partial charge on any atom is 0.344 e. The quantitative estimate of drug-likeness (QED) is 0.283. The van der Waals surface area contributed by atoms with Crippen molar-refractivity contribution in [3.8, 4) is 5.75 Å². The normalized spacial score (nSPS) is 9.95. The van der Waals surface area contributed by atoms with E-state index < -0.39 is 10.9 Å². The molecule has 6 nitrogen and oxygen atoms in total. The minimum Gasteiger partial charge on any atom is -0.423 e. The number of benzene rings is 2. The van der Waals surface area contributed by atoms with Gasteiger partial charge < -0.3 is 4.74 Å². The summed E-state index contributed by atoms with van der Waals surface area (Å²) in [5.74, 6) is -0.949. The Morgan fingerprint density at radius 2 is 1.71 bits per heavy atom. The van der Waals surface area contributed by atoms with Gasteiger partial charge in [-0.1, -0.05) is 24.3 Å². The molecule has 0 saturated heterocycles. The van der Waals surface area contributed by atoms with Crippen molar-refractivity contribution in [2.24, 2.45) is 0 Å². The molecule has 0 aliphatic rings. The summed E-state index contributed by atoms with van der Waals surface area (Å²) in [6.07, 6.45) is 0. The van der Waals surface area contributed by atoms with Gasteiger partial charge in [0.05, 0.1) is 16.6 Å². The molecule has 0 spiro atoms. The van der Waals surface area contributed by atoms with Crippen LogP contribution in [-0.4, -0.2) is 16.7 Å². The average molecular weight is 285 g/mol. The minimum absolute atomic E-state index is 0.0487. The maximum atomic E-state index is 12.1. The Bertz CT molecular complexity index is 724. The lowest BCUT2D eigenvalue weighted by atomic mass is 10.0. The van der Waals surface area contributed by atoms with Crippen LogP contribution in [0.4, 0.5) is 5.69 Å². The monoisotopic (exact) mass is 285 g/mol. The Labute approximate surface area is 120 Å². The van der Waals surface area contributed by atoms with Crippen LogP contribution in [0.2, 0.25) is 0 Å². The van der Waals surface area contributed by atoms with Gasteiger partial charge in [0.15, 0.2) is 5.78 Å². The van der Waals surface area contributed by atoms with Gasteiger partial charge in [0.1, 0.15) is 5.75 Å². The summed E-state index contributed by atoms with van der Waals surface area (Å²) in [7, 11) is 0. The van der Waals surface area contributed by atoms with Gasteiger partial charge in [-0.2, -0.15) is 0 Å². The standard InChI is InChI=1S/C15H11NO5/c1-10(17)13-7-2-3-8-14(13)15(18)21-12-6-4-5-11(9-12)16(19)20/h2-9H,1H3. The van der Waals surface area contributed by atoms with Gasteiger partial charge in [0, 0.05) is 11.6 Å². The number of hydrogen-bond acceptors (Lipinski definition) is 5. The van der Waals surface area contributed by atoms with E-state index in [1.165, 1.54) is 37.3 Å². The third kappa shape index (κ3) is 3.30. The van der Waals surface area contributed by atoms with E-state index in [4.69, 9.17) is 4.74 Å². The lowest BCUT2D eigenvalue weighted by Gasteiger charge is -2.07. The average Bonchev–Trinajstić information content (AvgIpc) is 2.47. The van der Waals surface area contributed by atoms with Gasteiger partial charge in [-0.15, -0.1) is 0 Å². The van der Waals surface area contributed by atoms with Crippen LogP contribution in [0.1, 0.15) is 27.6 Å². The van der Waals surface area contributed by atoms with Crippen molar-refractivity contribution in [1.82, 2.24) is 0 Å². The third-order valence-electron chi connectivity index (χ3n) is 2.77. The smallest absolute Gasteiger partial charge is 0.344 e. The van der Waals surface area contributed by atoms with Gasteiger partial charge in [-0.25, -0.2) is 4.79 Å². The Morgan fingerprint density at radius 1 is 1.05 bits per heavy atom. The van der Waals surface area contributed by atoms with Crippen LogP contribution in [0, 0.1) is 10.1 Å². The number of nitro groups is 1. The van der Waals surface area contributed by atoms with E-state index >= 15 is 0 Å². The Morgan fingerprint density at radius 3 is 2.33 bits per heavy atom. The van der Waals surface area contributed by atoms with Crippen LogP contribution < -0.4 is 4.74 Å². The molecule has 0 bridgehead atoms. The van der Waals surface area contributed by atoms with Gasteiger partial charge in [0.25, 0.3) is 5.69 Å². The maximum absolute atomic E-state index is 12.1. The summed E-state index contributed by atoms with van der Waals surface area (Å²) >= 11 is 0. The van der Waals surface area contributed by atoms with Crippen LogP contribution in [-0.2, 0) is 0 Å². The van der Waals surface area contributed by atoms with E-state index in [1.807, 2.05) is 0 Å². The molecule has 2 aromatic rings. The fourth-order valence-corrected chi connectivity index (χ4v) is 1.79. The van der Waals surface area contributed by atoms with Crippen molar-refractivity contribution in [2.45, 2.75) is 6.92 Å². The van der Waals surface area contributed by atoms with E-state index in [9.17, 15) is 19.7 Å². The molecule has 0 radical (unpaired) electrons. The molecule has 0 unspecified atom stereocenters. The summed E-state index contributed by atoms with van der Waals surface area (Å²) in [5, 5.41) is 10.7. The topological polar surface area (TPSA) is 86.5 Å². The van der Waals surface area contributed by atoms with E-state index in [0.717, 1.165) is 6.07 Å². The highest BCUT2D eigenvalue weighted by molar-refractivity contribution is 6.05. The van der Waals surface area contributed by atoms with E-state index in [0.29, 0.717) is 0 Å². The Hall–Kier alpha value is -3.02. The fourth-order valence-electron chi connectivity index (χ4n) is 1.79. The second-order valence-corrected chi connectivity index (χ2v) is 4.25. The van der Waals surface area contributed by atoms with Crippen LogP contribution in [0.25, 0.3) is 0 Å². The molecule has 0 fully saturated rings. The first-order valence-corrected chi connectivity index (χ1v) is 6.05. The predicted octanol–water partition coefficient (Wildman–Crippen LogP) is 3.02. The number of esters is 1. The lowest BCUT2D eigenvalue weighted by Crippen LogP contribution is -2.13. The Balaban J connectivity index is 2.28. The number of ether oxygens (including phenoxy) is 1. The molecule has 2 aromatic carbocycles. The SMILES string of the molecule is CC(=O)c1ccccc1C(=O)Oc1cccc([N+](=O)[O-])c1. The molecule has 0 N–H and O–H groups in total. The first-order valence-electron chi connectivity index (χ1n) is 6.05. The van der Waals surface area contributed by atoms with Crippen molar-refractivity contribution in [3.05, 3.63) is 69.8 Å². The molecule has 0 aromatic heterocycles. The first-order chi connectivity index (χ1) is 9.99. The summed E-state index contributed by atoms with van der Waals surface area (Å²) in [4.78, 5) is 33.6.